The molecule has 1 aromatic carbocycles. The van der Waals surface area contributed by atoms with Crippen molar-refractivity contribution in [3.63, 3.8) is 0 Å². The van der Waals surface area contributed by atoms with E-state index in [9.17, 15) is 4.79 Å². The highest BCUT2D eigenvalue weighted by atomic mass is 32.1. The smallest absolute Gasteiger partial charge is 0.269 e. The number of rotatable bonds is 4. The third-order valence-corrected chi connectivity index (χ3v) is 3.50. The maximum Gasteiger partial charge on any atom is 0.269 e. The number of amides is 1. The van der Waals surface area contributed by atoms with Gasteiger partial charge in [-0.2, -0.15) is 0 Å². The number of aryl methyl sites for hydroxylation is 1. The van der Waals surface area contributed by atoms with Gasteiger partial charge in [0, 0.05) is 12.0 Å². The molecule has 0 saturated heterocycles. The summed E-state index contributed by atoms with van der Waals surface area (Å²) >= 11 is 1.09. The Morgan fingerprint density at radius 2 is 2.24 bits per heavy atom. The predicted octanol–water partition coefficient (Wildman–Crippen LogP) is 2.09. The normalized spacial score (nSPS) is 9.81. The zero-order valence-corrected chi connectivity index (χ0v) is 12.4. The molecule has 1 heterocycles. The summed E-state index contributed by atoms with van der Waals surface area (Å²) in [5.74, 6) is 5.57. The first-order valence-electron chi connectivity index (χ1n) is 6.57. The van der Waals surface area contributed by atoms with Gasteiger partial charge in [0.25, 0.3) is 5.91 Å². The number of hydrogen-bond acceptors (Lipinski definition) is 5. The van der Waals surface area contributed by atoms with Gasteiger partial charge in [-0.1, -0.05) is 35.4 Å². The van der Waals surface area contributed by atoms with Crippen LogP contribution in [0.1, 0.15) is 34.3 Å². The van der Waals surface area contributed by atoms with Gasteiger partial charge in [-0.3, -0.25) is 4.79 Å². The number of nitrogens with zero attached hydrogens (tertiary/aromatic N) is 2. The van der Waals surface area contributed by atoms with Crippen molar-refractivity contribution in [2.75, 3.05) is 11.9 Å². The molecule has 0 spiro atoms. The quantitative estimate of drug-likeness (QED) is 0.848. The van der Waals surface area contributed by atoms with E-state index in [2.05, 4.69) is 26.7 Å². The highest BCUT2D eigenvalue weighted by molar-refractivity contribution is 7.08. The Morgan fingerprint density at radius 1 is 1.43 bits per heavy atom. The van der Waals surface area contributed by atoms with Crippen LogP contribution < -0.4 is 5.32 Å². The van der Waals surface area contributed by atoms with Gasteiger partial charge in [-0.05, 0) is 30.1 Å². The van der Waals surface area contributed by atoms with Crippen LogP contribution in [-0.2, 0) is 6.42 Å². The van der Waals surface area contributed by atoms with Gasteiger partial charge in [0.15, 0.2) is 0 Å². The molecule has 2 rings (SSSR count). The Kier molecular flexibility index (Phi) is 5.43. The average Bonchev–Trinajstić information content (AvgIpc) is 2.98. The molecule has 0 aliphatic carbocycles. The number of hydrogen-bond donors (Lipinski definition) is 2. The lowest BCUT2D eigenvalue weighted by molar-refractivity contribution is 0.102. The Bertz CT molecular complexity index is 685. The number of nitrogens with one attached hydrogen (secondary N) is 1. The molecule has 5 nitrogen and oxygen atoms in total. The Balaban J connectivity index is 2.20. The van der Waals surface area contributed by atoms with Crippen molar-refractivity contribution in [2.24, 2.45) is 0 Å². The number of carbonyl (C=O) groups is 1. The molecule has 0 unspecified atom stereocenters. The molecule has 0 fully saturated rings. The van der Waals surface area contributed by atoms with Crippen LogP contribution in [0, 0.1) is 11.8 Å². The molecule has 6 heteroatoms. The summed E-state index contributed by atoms with van der Waals surface area (Å²) in [6.07, 6.45) is 1.07. The largest absolute Gasteiger partial charge is 0.395 e. The molecule has 21 heavy (non-hydrogen) atoms. The van der Waals surface area contributed by atoms with Crippen LogP contribution in [0.25, 0.3) is 0 Å². The summed E-state index contributed by atoms with van der Waals surface area (Å²) < 4.78 is 3.81. The Morgan fingerprint density at radius 3 is 3.00 bits per heavy atom. The van der Waals surface area contributed by atoms with Crippen LogP contribution in [0.4, 0.5) is 5.69 Å². The monoisotopic (exact) mass is 301 g/mol. The number of anilines is 1. The Hall–Kier alpha value is -2.23. The lowest BCUT2D eigenvalue weighted by Crippen LogP contribution is -2.13. The summed E-state index contributed by atoms with van der Waals surface area (Å²) in [7, 11) is 0. The van der Waals surface area contributed by atoms with E-state index >= 15 is 0 Å². The first-order valence-corrected chi connectivity index (χ1v) is 7.35. The summed E-state index contributed by atoms with van der Waals surface area (Å²) in [6, 6.07) is 7.30. The van der Waals surface area contributed by atoms with Crippen LogP contribution in [0.3, 0.4) is 0 Å². The number of aromatic nitrogens is 2. The van der Waals surface area contributed by atoms with E-state index in [1.54, 1.807) is 6.07 Å². The summed E-state index contributed by atoms with van der Waals surface area (Å²) in [4.78, 5) is 12.8. The fourth-order valence-corrected chi connectivity index (χ4v) is 2.35. The van der Waals surface area contributed by atoms with Crippen LogP contribution >= 0.6 is 11.5 Å². The van der Waals surface area contributed by atoms with Crippen molar-refractivity contribution in [3.05, 3.63) is 40.4 Å². The van der Waals surface area contributed by atoms with E-state index in [-0.39, 0.29) is 12.5 Å². The first-order chi connectivity index (χ1) is 10.3. The molecule has 108 valence electrons. The fraction of sp³-hybridized carbons (Fsp3) is 0.267. The van der Waals surface area contributed by atoms with E-state index in [1.807, 2.05) is 25.1 Å². The number of para-hydroxylation sites is 1. The molecule has 1 aromatic heterocycles. The van der Waals surface area contributed by atoms with Gasteiger partial charge in [0.1, 0.15) is 4.88 Å². The van der Waals surface area contributed by atoms with Crippen molar-refractivity contribution in [2.45, 2.75) is 19.8 Å². The molecular weight excluding hydrogens is 286 g/mol. The first kappa shape index (κ1) is 15.2. The molecule has 0 aliphatic rings. The van der Waals surface area contributed by atoms with Gasteiger partial charge in [-0.15, -0.1) is 5.10 Å². The minimum Gasteiger partial charge on any atom is -0.395 e. The maximum absolute atomic E-state index is 12.3. The lowest BCUT2D eigenvalue weighted by Gasteiger charge is -2.06. The zero-order valence-electron chi connectivity index (χ0n) is 11.6. The highest BCUT2D eigenvalue weighted by Gasteiger charge is 2.15. The van der Waals surface area contributed by atoms with E-state index in [0.717, 1.165) is 17.1 Å². The molecular formula is C15H15N3O2S. The maximum atomic E-state index is 12.3. The lowest BCUT2D eigenvalue weighted by atomic mass is 10.1. The van der Waals surface area contributed by atoms with E-state index in [4.69, 9.17) is 5.11 Å². The van der Waals surface area contributed by atoms with Crippen LogP contribution in [0.5, 0.6) is 0 Å². The van der Waals surface area contributed by atoms with Crippen molar-refractivity contribution in [3.8, 4) is 11.8 Å². The van der Waals surface area contributed by atoms with Gasteiger partial charge in [-0.25, -0.2) is 0 Å². The van der Waals surface area contributed by atoms with Gasteiger partial charge >= 0.3 is 0 Å². The van der Waals surface area contributed by atoms with Crippen LogP contribution in [0.15, 0.2) is 24.3 Å². The SMILES string of the molecule is CCc1nnsc1C(=O)Nc1ccccc1C#CCCO. The van der Waals surface area contributed by atoms with Gasteiger partial charge < -0.3 is 10.4 Å². The van der Waals surface area contributed by atoms with E-state index in [0.29, 0.717) is 29.1 Å². The van der Waals surface area contributed by atoms with Crippen LogP contribution in [0.2, 0.25) is 0 Å². The second-order valence-corrected chi connectivity index (χ2v) is 4.93. The molecule has 0 aliphatic heterocycles. The van der Waals surface area contributed by atoms with Crippen molar-refractivity contribution < 1.29 is 9.90 Å². The molecule has 1 amide bonds. The number of carbonyl (C=O) groups excluding carboxylic acids is 1. The molecule has 2 aromatic rings. The van der Waals surface area contributed by atoms with Crippen molar-refractivity contribution in [1.29, 1.82) is 0 Å². The van der Waals surface area contributed by atoms with Crippen molar-refractivity contribution in [1.82, 2.24) is 9.59 Å². The molecule has 0 atom stereocenters. The molecule has 0 saturated carbocycles. The van der Waals surface area contributed by atoms with Crippen molar-refractivity contribution >= 4 is 23.1 Å². The van der Waals surface area contributed by atoms with Crippen LogP contribution in [-0.4, -0.2) is 27.2 Å². The molecule has 2 N–H and O–H groups in total. The Labute approximate surface area is 127 Å². The third-order valence-electron chi connectivity index (χ3n) is 2.73. The molecule has 0 radical (unpaired) electrons. The summed E-state index contributed by atoms with van der Waals surface area (Å²) in [5.41, 5.74) is 2.06. The van der Waals surface area contributed by atoms with Gasteiger partial charge in [0.2, 0.25) is 0 Å². The van der Waals surface area contributed by atoms with Gasteiger partial charge in [0.05, 0.1) is 18.0 Å². The fourth-order valence-electron chi connectivity index (χ4n) is 1.71. The summed E-state index contributed by atoms with van der Waals surface area (Å²) in [6.45, 7) is 1.95. The predicted molar refractivity (Wildman–Crippen MR) is 82.3 cm³/mol. The third kappa shape index (κ3) is 3.88. The minimum atomic E-state index is -0.224. The number of aliphatic hydroxyl groups excluding tert-OH is 1. The zero-order chi connectivity index (χ0) is 15.1. The number of benzene rings is 1. The minimum absolute atomic E-state index is 0.0217. The van der Waals surface area contributed by atoms with E-state index in [1.165, 1.54) is 0 Å². The second-order valence-electron chi connectivity index (χ2n) is 4.18. The highest BCUT2D eigenvalue weighted by Crippen LogP contribution is 2.18. The van der Waals surface area contributed by atoms with E-state index < -0.39 is 0 Å². The number of aliphatic hydroxyl groups is 1. The topological polar surface area (TPSA) is 75.1 Å². The standard InChI is InChI=1S/C15H15N3O2S/c1-2-12-14(21-18-17-12)15(20)16-13-9-4-3-7-11(13)8-5-6-10-19/h3-4,7,9,19H,2,6,10H2,1H3,(H,16,20). The summed E-state index contributed by atoms with van der Waals surface area (Å²) in [5, 5.41) is 15.5. The second kappa shape index (κ2) is 7.53. The molecule has 0 bridgehead atoms. The average molecular weight is 301 g/mol.